The monoisotopic (exact) mass is 355 g/mol. The predicted octanol–water partition coefficient (Wildman–Crippen LogP) is 3.73. The third kappa shape index (κ3) is 4.57. The summed E-state index contributed by atoms with van der Waals surface area (Å²) in [4.78, 5) is 0. The van der Waals surface area contributed by atoms with E-state index in [4.69, 9.17) is 4.74 Å². The van der Waals surface area contributed by atoms with Gasteiger partial charge in [-0.3, -0.25) is 0 Å². The highest BCUT2D eigenvalue weighted by atomic mass is 79.9. The van der Waals surface area contributed by atoms with Crippen molar-refractivity contribution in [1.82, 2.24) is 5.32 Å². The number of alkyl halides is 3. The second kappa shape index (κ2) is 6.37. The summed E-state index contributed by atoms with van der Waals surface area (Å²) in [5.74, 6) is 0.889. The molecule has 2 rings (SSSR count). The lowest BCUT2D eigenvalue weighted by molar-refractivity contribution is -0.0327. The molecule has 0 radical (unpaired) electrons. The number of hydrogen-bond acceptors (Lipinski definition) is 3. The number of benzene rings is 1. The van der Waals surface area contributed by atoms with Gasteiger partial charge in [-0.2, -0.15) is 13.2 Å². The third-order valence-corrected chi connectivity index (χ3v) is 3.88. The molecule has 0 saturated heterocycles. The van der Waals surface area contributed by atoms with Crippen molar-refractivity contribution >= 4 is 27.7 Å². The molecule has 0 saturated carbocycles. The first-order valence-corrected chi connectivity index (χ1v) is 7.59. The molecule has 106 valence electrons. The minimum Gasteiger partial charge on any atom is -0.493 e. The van der Waals surface area contributed by atoms with Crippen LogP contribution < -0.4 is 10.1 Å². The number of hydrogen-bond donors (Lipinski definition) is 1. The Kier molecular flexibility index (Phi) is 5.03. The maximum atomic E-state index is 11.9. The Morgan fingerprint density at radius 1 is 1.37 bits per heavy atom. The van der Waals surface area contributed by atoms with Crippen LogP contribution in [0.4, 0.5) is 13.2 Å². The van der Waals surface area contributed by atoms with Crippen LogP contribution in [0.2, 0.25) is 0 Å². The molecule has 0 atom stereocenters. The van der Waals surface area contributed by atoms with Crippen LogP contribution in [0.25, 0.3) is 0 Å². The summed E-state index contributed by atoms with van der Waals surface area (Å²) >= 11 is 3.42. The Labute approximate surface area is 122 Å². The standard InChI is InChI=1S/C12H13BrF3NOS/c13-10-5-8-1-3-18-11(8)9(6-10)7-17-2-4-19-12(14,15)16/h5-6,17H,1-4,7H2. The Morgan fingerprint density at radius 3 is 2.89 bits per heavy atom. The van der Waals surface area contributed by atoms with Gasteiger partial charge in [-0.05, 0) is 29.5 Å². The fraction of sp³-hybridized carbons (Fsp3) is 0.500. The summed E-state index contributed by atoms with van der Waals surface area (Å²) in [5, 5.41) is 3.01. The van der Waals surface area contributed by atoms with Crippen molar-refractivity contribution in [3.05, 3.63) is 27.7 Å². The van der Waals surface area contributed by atoms with Gasteiger partial charge in [0.05, 0.1) is 6.61 Å². The highest BCUT2D eigenvalue weighted by Gasteiger charge is 2.27. The Morgan fingerprint density at radius 2 is 2.16 bits per heavy atom. The van der Waals surface area contributed by atoms with Gasteiger partial charge < -0.3 is 10.1 Å². The fourth-order valence-electron chi connectivity index (χ4n) is 1.94. The van der Waals surface area contributed by atoms with Crippen molar-refractivity contribution in [2.45, 2.75) is 18.5 Å². The number of ether oxygens (including phenoxy) is 1. The molecule has 0 spiro atoms. The largest absolute Gasteiger partial charge is 0.493 e. The van der Waals surface area contributed by atoms with E-state index in [9.17, 15) is 13.2 Å². The SMILES string of the molecule is FC(F)(F)SCCNCc1cc(Br)cc2c1OCC2. The van der Waals surface area contributed by atoms with Crippen LogP contribution in [0.5, 0.6) is 5.75 Å². The van der Waals surface area contributed by atoms with E-state index in [1.807, 2.05) is 12.1 Å². The molecule has 1 N–H and O–H groups in total. The third-order valence-electron chi connectivity index (χ3n) is 2.69. The van der Waals surface area contributed by atoms with Gasteiger partial charge in [-0.1, -0.05) is 15.9 Å². The van der Waals surface area contributed by atoms with E-state index >= 15 is 0 Å². The van der Waals surface area contributed by atoms with E-state index < -0.39 is 5.51 Å². The second-order valence-electron chi connectivity index (χ2n) is 4.12. The molecule has 0 aliphatic carbocycles. The molecular formula is C12H13BrF3NOS. The lowest BCUT2D eigenvalue weighted by atomic mass is 10.1. The van der Waals surface area contributed by atoms with Crippen LogP contribution in [-0.2, 0) is 13.0 Å². The van der Waals surface area contributed by atoms with E-state index in [1.54, 1.807) is 0 Å². The van der Waals surface area contributed by atoms with Crippen LogP contribution in [0.1, 0.15) is 11.1 Å². The molecule has 2 nitrogen and oxygen atoms in total. The zero-order valence-corrected chi connectivity index (χ0v) is 12.4. The number of thioether (sulfide) groups is 1. The van der Waals surface area contributed by atoms with Gasteiger partial charge >= 0.3 is 5.51 Å². The van der Waals surface area contributed by atoms with Crippen LogP contribution in [0, 0.1) is 0 Å². The first-order chi connectivity index (χ1) is 8.96. The lowest BCUT2D eigenvalue weighted by Gasteiger charge is -2.10. The van der Waals surface area contributed by atoms with E-state index in [0.717, 1.165) is 27.8 Å². The quantitative estimate of drug-likeness (QED) is 0.813. The first-order valence-electron chi connectivity index (χ1n) is 5.81. The molecule has 1 aliphatic heterocycles. The normalized spacial score (nSPS) is 14.3. The molecule has 1 aromatic rings. The molecule has 0 aromatic heterocycles. The maximum absolute atomic E-state index is 11.9. The summed E-state index contributed by atoms with van der Waals surface area (Å²) in [6, 6.07) is 3.96. The Hall–Kier alpha value is -0.400. The molecular weight excluding hydrogens is 343 g/mol. The van der Waals surface area contributed by atoms with Crippen molar-refractivity contribution < 1.29 is 17.9 Å². The van der Waals surface area contributed by atoms with Gasteiger partial charge in [-0.25, -0.2) is 0 Å². The summed E-state index contributed by atoms with van der Waals surface area (Å²) in [7, 11) is 0. The highest BCUT2D eigenvalue weighted by Crippen LogP contribution is 2.33. The Bertz CT molecular complexity index is 453. The first kappa shape index (κ1) is 15.0. The zero-order chi connectivity index (χ0) is 13.9. The summed E-state index contributed by atoms with van der Waals surface area (Å²) < 4.78 is 42.4. The van der Waals surface area contributed by atoms with Gasteiger partial charge in [0, 0.05) is 35.3 Å². The van der Waals surface area contributed by atoms with Crippen LogP contribution >= 0.6 is 27.7 Å². The number of fused-ring (bicyclic) bond motifs is 1. The molecule has 0 unspecified atom stereocenters. The van der Waals surface area contributed by atoms with Crippen molar-refractivity contribution in [3.8, 4) is 5.75 Å². The molecule has 0 amide bonds. The van der Waals surface area contributed by atoms with Crippen LogP contribution in [-0.4, -0.2) is 24.4 Å². The van der Waals surface area contributed by atoms with E-state index in [1.165, 1.54) is 0 Å². The van der Waals surface area contributed by atoms with E-state index in [-0.39, 0.29) is 17.5 Å². The summed E-state index contributed by atoms with van der Waals surface area (Å²) in [6.07, 6.45) is 0.881. The van der Waals surface area contributed by atoms with Gasteiger partial charge in [0.1, 0.15) is 5.75 Å². The Balaban J connectivity index is 1.84. The van der Waals surface area contributed by atoms with Gasteiger partial charge in [0.2, 0.25) is 0 Å². The van der Waals surface area contributed by atoms with Crippen LogP contribution in [0.15, 0.2) is 16.6 Å². The minimum absolute atomic E-state index is 0.00570. The molecule has 7 heteroatoms. The van der Waals surface area contributed by atoms with Crippen molar-refractivity contribution in [3.63, 3.8) is 0 Å². The second-order valence-corrected chi connectivity index (χ2v) is 6.20. The topological polar surface area (TPSA) is 21.3 Å². The molecule has 1 aromatic carbocycles. The predicted molar refractivity (Wildman–Crippen MR) is 73.6 cm³/mol. The minimum atomic E-state index is -4.15. The lowest BCUT2D eigenvalue weighted by Crippen LogP contribution is -2.18. The van der Waals surface area contributed by atoms with Crippen molar-refractivity contribution in [1.29, 1.82) is 0 Å². The van der Waals surface area contributed by atoms with Gasteiger partial charge in [0.15, 0.2) is 0 Å². The van der Waals surface area contributed by atoms with E-state index in [0.29, 0.717) is 19.7 Å². The number of rotatable bonds is 5. The van der Waals surface area contributed by atoms with Crippen molar-refractivity contribution in [2.24, 2.45) is 0 Å². The molecule has 1 aliphatic rings. The number of nitrogens with one attached hydrogen (secondary N) is 1. The molecule has 0 fully saturated rings. The number of halogens is 4. The maximum Gasteiger partial charge on any atom is 0.441 e. The van der Waals surface area contributed by atoms with Gasteiger partial charge in [0.25, 0.3) is 0 Å². The fourth-order valence-corrected chi connectivity index (χ4v) is 2.97. The molecule has 19 heavy (non-hydrogen) atoms. The summed E-state index contributed by atoms with van der Waals surface area (Å²) in [5.41, 5.74) is -2.02. The highest BCUT2D eigenvalue weighted by molar-refractivity contribution is 9.10. The van der Waals surface area contributed by atoms with E-state index in [2.05, 4.69) is 21.2 Å². The summed E-state index contributed by atoms with van der Waals surface area (Å²) in [6.45, 7) is 1.49. The molecule has 0 bridgehead atoms. The molecule has 1 heterocycles. The van der Waals surface area contributed by atoms with Crippen molar-refractivity contribution in [2.75, 3.05) is 18.9 Å². The van der Waals surface area contributed by atoms with Gasteiger partial charge in [-0.15, -0.1) is 0 Å². The average molecular weight is 356 g/mol. The van der Waals surface area contributed by atoms with Crippen LogP contribution in [0.3, 0.4) is 0 Å². The average Bonchev–Trinajstić information content (AvgIpc) is 2.74. The smallest absolute Gasteiger partial charge is 0.441 e. The zero-order valence-electron chi connectivity index (χ0n) is 10.0.